The van der Waals surface area contributed by atoms with Crippen LogP contribution in [0.25, 0.3) is 5.13 Å². The summed E-state index contributed by atoms with van der Waals surface area (Å²) in [5.74, 6) is -2.44. The molecular weight excluding hydrogens is 249 g/mol. The molecule has 0 aliphatic heterocycles. The summed E-state index contributed by atoms with van der Waals surface area (Å²) in [5, 5.41) is 9.56. The molecule has 0 saturated heterocycles. The molecular formula is C9H8FN3O3S. The molecule has 0 aliphatic rings. The van der Waals surface area contributed by atoms with Crippen LogP contribution in [-0.2, 0) is 0 Å². The topological polar surface area (TPSA) is 88.0 Å². The summed E-state index contributed by atoms with van der Waals surface area (Å²) in [6, 6.07) is 0. The van der Waals surface area contributed by atoms with Crippen LogP contribution < -0.4 is 11.2 Å². The average molecular weight is 257 g/mol. The van der Waals surface area contributed by atoms with E-state index in [1.807, 2.05) is 0 Å². The molecule has 0 aliphatic carbocycles. The Hall–Kier alpha value is -1.96. The minimum absolute atomic E-state index is 0.109. The minimum atomic E-state index is -1.41. The summed E-state index contributed by atoms with van der Waals surface area (Å²) in [6.07, 6.45) is 0. The lowest BCUT2D eigenvalue weighted by atomic mass is 10.4. The minimum Gasteiger partial charge on any atom is -0.492 e. The third kappa shape index (κ3) is 1.76. The van der Waals surface area contributed by atoms with Gasteiger partial charge in [0.25, 0.3) is 5.56 Å². The van der Waals surface area contributed by atoms with Crippen LogP contribution in [0.15, 0.2) is 9.59 Å². The van der Waals surface area contributed by atoms with Crippen molar-refractivity contribution >= 4 is 11.3 Å². The molecule has 0 saturated carbocycles. The Bertz CT molecular complexity index is 681. The van der Waals surface area contributed by atoms with Gasteiger partial charge < -0.3 is 5.11 Å². The van der Waals surface area contributed by atoms with Gasteiger partial charge in [-0.25, -0.2) is 14.3 Å². The van der Waals surface area contributed by atoms with Crippen molar-refractivity contribution in [3.63, 3.8) is 0 Å². The molecule has 17 heavy (non-hydrogen) atoms. The van der Waals surface area contributed by atoms with Crippen molar-refractivity contribution in [1.82, 2.24) is 14.5 Å². The number of rotatable bonds is 1. The fourth-order valence-corrected chi connectivity index (χ4v) is 2.14. The number of hydrogen-bond donors (Lipinski definition) is 2. The monoisotopic (exact) mass is 257 g/mol. The maximum atomic E-state index is 13.2. The number of nitrogens with one attached hydrogen (secondary N) is 1. The van der Waals surface area contributed by atoms with Crippen LogP contribution >= 0.6 is 11.3 Å². The zero-order chi connectivity index (χ0) is 12.7. The van der Waals surface area contributed by atoms with Gasteiger partial charge in [0.1, 0.15) is 0 Å². The highest BCUT2D eigenvalue weighted by Gasteiger charge is 2.17. The molecule has 0 aromatic carbocycles. The standard InChI is InChI=1S/C9H8FN3O3S/c1-3-4(2)17-9(11-3)13-7(15)5(10)6(14)12-8(13)16/h15H,1-2H3,(H,12,14,16). The van der Waals surface area contributed by atoms with Crippen LogP contribution in [0.4, 0.5) is 4.39 Å². The predicted molar refractivity (Wildman–Crippen MR) is 59.4 cm³/mol. The van der Waals surface area contributed by atoms with E-state index in [4.69, 9.17) is 0 Å². The van der Waals surface area contributed by atoms with Crippen LogP contribution in [0.2, 0.25) is 0 Å². The predicted octanol–water partition coefficient (Wildman–Crippen LogP) is 0.444. The first-order chi connectivity index (χ1) is 7.91. The number of hydrogen-bond acceptors (Lipinski definition) is 5. The Morgan fingerprint density at radius 2 is 2.06 bits per heavy atom. The van der Waals surface area contributed by atoms with Crippen molar-refractivity contribution in [2.45, 2.75) is 13.8 Å². The van der Waals surface area contributed by atoms with E-state index in [1.54, 1.807) is 18.8 Å². The number of halogens is 1. The lowest BCUT2D eigenvalue weighted by Gasteiger charge is -2.03. The summed E-state index contributed by atoms with van der Waals surface area (Å²) >= 11 is 1.11. The highest BCUT2D eigenvalue weighted by atomic mass is 32.1. The van der Waals surface area contributed by atoms with Gasteiger partial charge in [0.15, 0.2) is 0 Å². The second-order valence-corrected chi connectivity index (χ2v) is 4.55. The molecule has 0 amide bonds. The molecule has 0 fully saturated rings. The van der Waals surface area contributed by atoms with E-state index in [1.165, 1.54) is 0 Å². The van der Waals surface area contributed by atoms with Crippen molar-refractivity contribution in [2.24, 2.45) is 0 Å². The number of aryl methyl sites for hydroxylation is 2. The molecule has 0 atom stereocenters. The van der Waals surface area contributed by atoms with Gasteiger partial charge in [-0.05, 0) is 13.8 Å². The molecule has 0 bridgehead atoms. The van der Waals surface area contributed by atoms with E-state index in [2.05, 4.69) is 4.98 Å². The average Bonchev–Trinajstić information content (AvgIpc) is 2.56. The van der Waals surface area contributed by atoms with Crippen molar-refractivity contribution in [3.8, 4) is 11.0 Å². The third-order valence-electron chi connectivity index (χ3n) is 2.24. The molecule has 8 heteroatoms. The lowest BCUT2D eigenvalue weighted by molar-refractivity contribution is 0.386. The SMILES string of the molecule is Cc1nc(-n2c(O)c(F)c(=O)[nH]c2=O)sc1C. The molecule has 0 unspecified atom stereocenters. The van der Waals surface area contributed by atoms with Crippen molar-refractivity contribution in [2.75, 3.05) is 0 Å². The van der Waals surface area contributed by atoms with Crippen molar-refractivity contribution < 1.29 is 9.50 Å². The van der Waals surface area contributed by atoms with Gasteiger partial charge in [0, 0.05) is 4.88 Å². The number of thiazole rings is 1. The van der Waals surface area contributed by atoms with Gasteiger partial charge in [-0.1, -0.05) is 0 Å². The Kier molecular flexibility index (Phi) is 2.58. The number of aromatic hydroxyl groups is 1. The van der Waals surface area contributed by atoms with E-state index in [-0.39, 0.29) is 5.13 Å². The molecule has 0 spiro atoms. The summed E-state index contributed by atoms with van der Waals surface area (Å²) < 4.78 is 13.8. The Labute approximate surface area is 98.0 Å². The highest BCUT2D eigenvalue weighted by molar-refractivity contribution is 7.14. The smallest absolute Gasteiger partial charge is 0.337 e. The molecule has 90 valence electrons. The zero-order valence-corrected chi connectivity index (χ0v) is 9.76. The fraction of sp³-hybridized carbons (Fsp3) is 0.222. The van der Waals surface area contributed by atoms with E-state index >= 15 is 0 Å². The van der Waals surface area contributed by atoms with Gasteiger partial charge in [-0.2, -0.15) is 4.39 Å². The second kappa shape index (κ2) is 3.81. The van der Waals surface area contributed by atoms with Gasteiger partial charge in [0.05, 0.1) is 5.69 Å². The Morgan fingerprint density at radius 1 is 1.41 bits per heavy atom. The molecule has 2 N–H and O–H groups in total. The van der Waals surface area contributed by atoms with E-state index in [9.17, 15) is 19.1 Å². The number of aromatic amines is 1. The van der Waals surface area contributed by atoms with Crippen LogP contribution in [-0.4, -0.2) is 19.6 Å². The summed E-state index contributed by atoms with van der Waals surface area (Å²) in [7, 11) is 0. The quantitative estimate of drug-likeness (QED) is 0.776. The molecule has 2 rings (SSSR count). The second-order valence-electron chi connectivity index (χ2n) is 3.37. The third-order valence-corrected chi connectivity index (χ3v) is 3.30. The lowest BCUT2D eigenvalue weighted by Crippen LogP contribution is -2.30. The summed E-state index contributed by atoms with van der Waals surface area (Å²) in [5.41, 5.74) is -1.51. The summed E-state index contributed by atoms with van der Waals surface area (Å²) in [6.45, 7) is 3.50. The van der Waals surface area contributed by atoms with Crippen LogP contribution in [0.1, 0.15) is 10.6 Å². The normalized spacial score (nSPS) is 10.8. The fourth-order valence-electron chi connectivity index (χ4n) is 1.23. The van der Waals surface area contributed by atoms with Crippen molar-refractivity contribution in [3.05, 3.63) is 37.2 Å². The number of H-pyrrole nitrogens is 1. The number of aromatic nitrogens is 3. The largest absolute Gasteiger partial charge is 0.492 e. The van der Waals surface area contributed by atoms with E-state index in [0.29, 0.717) is 10.3 Å². The Balaban J connectivity index is 2.80. The molecule has 6 nitrogen and oxygen atoms in total. The highest BCUT2D eigenvalue weighted by Crippen LogP contribution is 2.22. The van der Waals surface area contributed by atoms with Gasteiger partial charge in [0.2, 0.25) is 16.8 Å². The molecule has 2 heterocycles. The zero-order valence-electron chi connectivity index (χ0n) is 8.94. The molecule has 2 aromatic rings. The number of nitrogens with zero attached hydrogens (tertiary/aromatic N) is 2. The van der Waals surface area contributed by atoms with Crippen molar-refractivity contribution in [1.29, 1.82) is 0 Å². The van der Waals surface area contributed by atoms with Gasteiger partial charge >= 0.3 is 5.69 Å². The first-order valence-corrected chi connectivity index (χ1v) is 5.41. The van der Waals surface area contributed by atoms with E-state index in [0.717, 1.165) is 16.2 Å². The summed E-state index contributed by atoms with van der Waals surface area (Å²) in [4.78, 5) is 29.0. The maximum Gasteiger partial charge on any atom is 0.337 e. The molecule has 0 radical (unpaired) electrons. The Morgan fingerprint density at radius 3 is 2.59 bits per heavy atom. The van der Waals surface area contributed by atoms with Gasteiger partial charge in [-0.3, -0.25) is 9.78 Å². The van der Waals surface area contributed by atoms with E-state index < -0.39 is 22.9 Å². The molecule has 2 aromatic heterocycles. The van der Waals surface area contributed by atoms with Gasteiger partial charge in [-0.15, -0.1) is 11.3 Å². The maximum absolute atomic E-state index is 13.2. The van der Waals surface area contributed by atoms with Crippen LogP contribution in [0, 0.1) is 19.7 Å². The first kappa shape index (κ1) is 11.5. The van der Waals surface area contributed by atoms with Crippen LogP contribution in [0.5, 0.6) is 5.88 Å². The van der Waals surface area contributed by atoms with Crippen LogP contribution in [0.3, 0.4) is 0 Å². The first-order valence-electron chi connectivity index (χ1n) is 4.60.